The van der Waals surface area contributed by atoms with Gasteiger partial charge in [-0.05, 0) is 599 Å². The zero-order valence-electron chi connectivity index (χ0n) is 86.4. The monoisotopic (exact) mass is 1780 g/mol. The van der Waals surface area contributed by atoms with E-state index >= 15 is 0 Å². The first-order chi connectivity index (χ1) is 58.6. The summed E-state index contributed by atoms with van der Waals surface area (Å²) in [7, 11) is 0. The third kappa shape index (κ3) is 14.2. The van der Waals surface area contributed by atoms with Crippen LogP contribution in [0, 0.1) is 332 Å². The van der Waals surface area contributed by atoms with Crippen LogP contribution in [-0.4, -0.2) is 0 Å². The van der Waals surface area contributed by atoms with Crippen molar-refractivity contribution in [2.45, 2.75) is 332 Å². The smallest absolute Gasteiger partial charge is 0.0390 e. The van der Waals surface area contributed by atoms with Crippen molar-refractivity contribution in [3.63, 3.8) is 0 Å². The lowest BCUT2D eigenvalue weighted by molar-refractivity contribution is 1.25. The highest BCUT2D eigenvalue weighted by molar-refractivity contribution is 7.28. The lowest BCUT2D eigenvalue weighted by atomic mass is 9.90. The van der Waals surface area contributed by atoms with Crippen molar-refractivity contribution in [3.8, 4) is 0 Å². The van der Waals surface area contributed by atoms with Crippen LogP contribution in [0.15, 0.2) is 0 Å². The quantitative estimate of drug-likeness (QED) is 0.142. The molecule has 18 aromatic rings. The molecule has 0 N–H and O–H groups in total. The molecular formula is C120H144S6. The molecule has 0 aliphatic carbocycles. The molecule has 0 aliphatic rings. The first kappa shape index (κ1) is 95.5. The number of thiophene rings is 6. The van der Waals surface area contributed by atoms with Gasteiger partial charge in [0.1, 0.15) is 0 Å². The van der Waals surface area contributed by atoms with Crippen LogP contribution in [0.25, 0.3) is 121 Å². The van der Waals surface area contributed by atoms with E-state index in [2.05, 4.69) is 332 Å². The molecule has 0 fully saturated rings. The molecule has 6 heterocycles. The van der Waals surface area contributed by atoms with Gasteiger partial charge in [-0.1, -0.05) is 0 Å². The van der Waals surface area contributed by atoms with Crippen LogP contribution >= 0.6 is 68.0 Å². The normalized spacial score (nSPS) is 11.8. The highest BCUT2D eigenvalue weighted by Gasteiger charge is 2.28. The Morgan fingerprint density at radius 1 is 0.0635 bits per heavy atom. The summed E-state index contributed by atoms with van der Waals surface area (Å²) in [5.74, 6) is 0. The first-order valence-corrected chi connectivity index (χ1v) is 50.8. The first-order valence-electron chi connectivity index (χ1n) is 45.9. The second kappa shape index (κ2) is 34.4. The van der Waals surface area contributed by atoms with Gasteiger partial charge in [-0.25, -0.2) is 0 Å². The fourth-order valence-corrected chi connectivity index (χ4v) is 30.3. The minimum Gasteiger partial charge on any atom is -0.135 e. The molecule has 0 atom stereocenters. The average Bonchev–Trinajstić information content (AvgIpc) is 1.60. The second-order valence-electron chi connectivity index (χ2n) is 39.1. The van der Waals surface area contributed by atoms with Gasteiger partial charge in [0, 0.05) is 121 Å². The molecule has 6 heteroatoms. The Labute approximate surface area is 781 Å². The average molecular weight is 1780 g/mol. The molecule has 0 spiro atoms. The molecule has 0 saturated heterocycles. The van der Waals surface area contributed by atoms with Crippen LogP contribution in [0.3, 0.4) is 0 Å². The Kier molecular flexibility index (Phi) is 26.1. The Morgan fingerprint density at radius 2 is 0.111 bits per heavy atom. The molecule has 0 nitrogen and oxygen atoms in total. The summed E-state index contributed by atoms with van der Waals surface area (Å²) in [6.07, 6.45) is 0. The van der Waals surface area contributed by atoms with E-state index in [0.29, 0.717) is 0 Å². The van der Waals surface area contributed by atoms with Gasteiger partial charge in [0.25, 0.3) is 0 Å². The molecule has 0 radical (unpaired) electrons. The van der Waals surface area contributed by atoms with Gasteiger partial charge in [0.15, 0.2) is 0 Å². The van der Waals surface area contributed by atoms with E-state index in [0.717, 1.165) is 0 Å². The van der Waals surface area contributed by atoms with Gasteiger partial charge >= 0.3 is 0 Å². The van der Waals surface area contributed by atoms with Crippen molar-refractivity contribution in [2.24, 2.45) is 0 Å². The van der Waals surface area contributed by atoms with Crippen molar-refractivity contribution < 1.29 is 0 Å². The van der Waals surface area contributed by atoms with Crippen molar-refractivity contribution in [2.75, 3.05) is 0 Å². The van der Waals surface area contributed by atoms with E-state index in [1.807, 2.05) is 68.0 Å². The molecular weight excluding hydrogens is 1630 g/mol. The Balaban J connectivity index is 0.000000130. The van der Waals surface area contributed by atoms with Crippen molar-refractivity contribution in [1.29, 1.82) is 0 Å². The number of fused-ring (bicyclic) bond motifs is 18. The third-order valence-corrected chi connectivity index (χ3v) is 42.9. The van der Waals surface area contributed by atoms with Gasteiger partial charge in [0.2, 0.25) is 0 Å². The largest absolute Gasteiger partial charge is 0.135 e. The zero-order valence-corrected chi connectivity index (χ0v) is 91.3. The molecule has 0 amide bonds. The summed E-state index contributed by atoms with van der Waals surface area (Å²) >= 11 is 11.9. The minimum atomic E-state index is 1.45. The lowest BCUT2D eigenvalue weighted by Crippen LogP contribution is -1.94. The van der Waals surface area contributed by atoms with E-state index in [4.69, 9.17) is 0 Å². The molecule has 18 rings (SSSR count). The highest BCUT2D eigenvalue weighted by atomic mass is 32.1. The number of benzene rings is 12. The van der Waals surface area contributed by atoms with E-state index in [9.17, 15) is 0 Å². The fraction of sp³-hybridized carbons (Fsp3) is 0.400. The van der Waals surface area contributed by atoms with Gasteiger partial charge in [-0.15, -0.1) is 68.0 Å². The van der Waals surface area contributed by atoms with Gasteiger partial charge < -0.3 is 0 Å². The van der Waals surface area contributed by atoms with Gasteiger partial charge in [0.05, 0.1) is 0 Å². The van der Waals surface area contributed by atoms with E-state index in [1.54, 1.807) is 0 Å². The van der Waals surface area contributed by atoms with Crippen molar-refractivity contribution >= 4 is 189 Å². The number of aryl methyl sites for hydroxylation is 24. The van der Waals surface area contributed by atoms with Crippen LogP contribution in [0.5, 0.6) is 0 Å². The van der Waals surface area contributed by atoms with Crippen molar-refractivity contribution in [1.82, 2.24) is 0 Å². The maximum Gasteiger partial charge on any atom is 0.0390 e. The van der Waals surface area contributed by atoms with Gasteiger partial charge in [-0.2, -0.15) is 0 Å². The maximum atomic E-state index is 2.29. The Morgan fingerprint density at radius 3 is 0.167 bits per heavy atom. The summed E-state index contributed by atoms with van der Waals surface area (Å²) in [6.45, 7) is 109. The van der Waals surface area contributed by atoms with Crippen LogP contribution in [-0.2, 0) is 0 Å². The lowest BCUT2D eigenvalue weighted by Gasteiger charge is -2.13. The minimum absolute atomic E-state index is 1.45. The molecule has 12 aromatic carbocycles. The standard InChI is InChI=1S/6C20H24S/c6*1-9-11(3)15(7)19-17(13(9)5)18-14(6)10(2)12(4)16(8)20(18)21-19/h6*1-8H3. The molecule has 0 bridgehead atoms. The second-order valence-corrected chi connectivity index (χ2v) is 45.2. The third-order valence-electron chi connectivity index (χ3n) is 34.3. The summed E-state index contributed by atoms with van der Waals surface area (Å²) in [4.78, 5) is 0. The summed E-state index contributed by atoms with van der Waals surface area (Å²) in [5, 5.41) is 18.0. The Bertz CT molecular complexity index is 6190. The van der Waals surface area contributed by atoms with Crippen LogP contribution in [0.4, 0.5) is 0 Å². The maximum absolute atomic E-state index is 2.29. The van der Waals surface area contributed by atoms with E-state index in [1.165, 1.54) is 388 Å². The number of hydrogen-bond donors (Lipinski definition) is 0. The number of hydrogen-bond acceptors (Lipinski definition) is 6. The van der Waals surface area contributed by atoms with Crippen LogP contribution in [0.2, 0.25) is 0 Å². The van der Waals surface area contributed by atoms with Crippen LogP contribution < -0.4 is 0 Å². The predicted octanol–water partition coefficient (Wildman–Crippen LogP) is 39.1. The fourth-order valence-electron chi connectivity index (χ4n) is 21.1. The zero-order chi connectivity index (χ0) is 93.8. The van der Waals surface area contributed by atoms with Crippen molar-refractivity contribution in [3.05, 3.63) is 267 Å². The molecule has 126 heavy (non-hydrogen) atoms. The molecule has 0 unspecified atom stereocenters. The van der Waals surface area contributed by atoms with E-state index in [-0.39, 0.29) is 0 Å². The topological polar surface area (TPSA) is 0 Å². The highest BCUT2D eigenvalue weighted by Crippen LogP contribution is 2.53. The molecule has 0 saturated carbocycles. The van der Waals surface area contributed by atoms with Crippen LogP contribution in [0.1, 0.15) is 267 Å². The molecule has 6 aromatic heterocycles. The number of rotatable bonds is 0. The van der Waals surface area contributed by atoms with E-state index < -0.39 is 0 Å². The summed E-state index contributed by atoms with van der Waals surface area (Å²) in [6, 6.07) is 0. The molecule has 0 aliphatic heterocycles. The molecule has 660 valence electrons. The summed E-state index contributed by atoms with van der Waals surface area (Å²) < 4.78 is 17.9. The predicted molar refractivity (Wildman–Crippen MR) is 583 cm³/mol. The SMILES string of the molecule is Cc1c(C)c(C)c2c(sc3c(C)c(C)c(C)c(C)c32)c1C.Cc1c(C)c(C)c2c(sc3c(C)c(C)c(C)c(C)c32)c1C.Cc1c(C)c(C)c2c(sc3c(C)c(C)c(C)c(C)c32)c1C.Cc1c(C)c(C)c2c(sc3c(C)c(C)c(C)c(C)c32)c1C.Cc1c(C)c(C)c2c(sc3c(C)c(C)c(C)c(C)c32)c1C.Cc1c(C)c(C)c2c(sc3c(C)c(C)c(C)c(C)c32)c1C. The van der Waals surface area contributed by atoms with Gasteiger partial charge in [-0.3, -0.25) is 0 Å². The summed E-state index contributed by atoms with van der Waals surface area (Å²) in [5.41, 5.74) is 70.0. The Hall–Kier alpha value is -8.04.